The van der Waals surface area contributed by atoms with Crippen LogP contribution in [0.15, 0.2) is 24.3 Å². The lowest BCUT2D eigenvalue weighted by atomic mass is 10.0. The molecule has 1 heterocycles. The molecule has 0 aliphatic rings. The van der Waals surface area contributed by atoms with Gasteiger partial charge in [0.05, 0.1) is 6.04 Å². The van der Waals surface area contributed by atoms with E-state index in [0.717, 1.165) is 4.88 Å². The maximum absolute atomic E-state index is 13.8. The van der Waals surface area contributed by atoms with Crippen LogP contribution in [0.2, 0.25) is 5.02 Å². The normalized spacial score (nSPS) is 12.7. The van der Waals surface area contributed by atoms with Gasteiger partial charge in [0.2, 0.25) is 0 Å². The fourth-order valence-electron chi connectivity index (χ4n) is 1.92. The summed E-state index contributed by atoms with van der Waals surface area (Å²) in [5, 5.41) is 0.404. The molecule has 0 radical (unpaired) electrons. The molecule has 0 aliphatic carbocycles. The van der Waals surface area contributed by atoms with E-state index in [1.165, 1.54) is 16.5 Å². The van der Waals surface area contributed by atoms with Gasteiger partial charge in [-0.2, -0.15) is 0 Å². The van der Waals surface area contributed by atoms with E-state index in [1.54, 1.807) is 23.5 Å². The van der Waals surface area contributed by atoms with Crippen LogP contribution in [0.5, 0.6) is 0 Å². The first-order valence-electron chi connectivity index (χ1n) is 5.98. The minimum absolute atomic E-state index is 0.0897. The maximum Gasteiger partial charge on any atom is 0.127 e. The van der Waals surface area contributed by atoms with E-state index in [0.29, 0.717) is 17.0 Å². The van der Waals surface area contributed by atoms with Gasteiger partial charge in [0.15, 0.2) is 0 Å². The summed E-state index contributed by atoms with van der Waals surface area (Å²) in [6.45, 7) is 4.13. The van der Waals surface area contributed by atoms with Gasteiger partial charge in [0.25, 0.3) is 0 Å². The molecule has 19 heavy (non-hydrogen) atoms. The molecule has 1 atom stereocenters. The number of nitrogens with one attached hydrogen (secondary N) is 1. The third kappa shape index (κ3) is 3.34. The Morgan fingerprint density at radius 3 is 2.63 bits per heavy atom. The molecule has 5 heteroatoms. The van der Waals surface area contributed by atoms with E-state index in [9.17, 15) is 4.39 Å². The molecular formula is C14H16ClFN2S. The molecule has 2 aromatic rings. The number of hydrogen-bond acceptors (Lipinski definition) is 3. The average molecular weight is 299 g/mol. The van der Waals surface area contributed by atoms with Crippen molar-refractivity contribution in [2.45, 2.75) is 26.3 Å². The highest BCUT2D eigenvalue weighted by Gasteiger charge is 2.16. The van der Waals surface area contributed by atoms with E-state index >= 15 is 0 Å². The Hall–Kier alpha value is -0.940. The van der Waals surface area contributed by atoms with Crippen LogP contribution in [0.4, 0.5) is 4.39 Å². The van der Waals surface area contributed by atoms with Crippen molar-refractivity contribution < 1.29 is 4.39 Å². The highest BCUT2D eigenvalue weighted by atomic mass is 35.5. The number of thiophene rings is 1. The summed E-state index contributed by atoms with van der Waals surface area (Å²) >= 11 is 7.43. The number of nitrogens with two attached hydrogens (primary N) is 1. The molecule has 1 aromatic carbocycles. The Morgan fingerprint density at radius 1 is 1.37 bits per heavy atom. The number of aryl methyl sites for hydroxylation is 2. The Kier molecular flexibility index (Phi) is 4.58. The van der Waals surface area contributed by atoms with Crippen LogP contribution < -0.4 is 11.3 Å². The molecule has 0 saturated carbocycles. The third-order valence-corrected chi connectivity index (χ3v) is 4.67. The van der Waals surface area contributed by atoms with Gasteiger partial charge >= 0.3 is 0 Å². The molecule has 1 aromatic heterocycles. The van der Waals surface area contributed by atoms with Crippen molar-refractivity contribution in [3.8, 4) is 0 Å². The Bertz CT molecular complexity index is 563. The van der Waals surface area contributed by atoms with Crippen LogP contribution in [0.1, 0.15) is 26.9 Å². The number of rotatable bonds is 4. The fourth-order valence-corrected chi connectivity index (χ4v) is 3.18. The second-order valence-electron chi connectivity index (χ2n) is 4.55. The smallest absolute Gasteiger partial charge is 0.127 e. The minimum atomic E-state index is -0.294. The number of halogens is 2. The van der Waals surface area contributed by atoms with Crippen molar-refractivity contribution in [3.05, 3.63) is 56.0 Å². The van der Waals surface area contributed by atoms with Gasteiger partial charge in [-0.05, 0) is 49.6 Å². The van der Waals surface area contributed by atoms with Crippen molar-refractivity contribution in [2.24, 2.45) is 5.84 Å². The van der Waals surface area contributed by atoms with Crippen LogP contribution >= 0.6 is 22.9 Å². The number of hydrogen-bond donors (Lipinski definition) is 2. The van der Waals surface area contributed by atoms with Crippen molar-refractivity contribution in [1.82, 2.24) is 5.43 Å². The molecule has 3 N–H and O–H groups in total. The number of hydrazine groups is 1. The van der Waals surface area contributed by atoms with Gasteiger partial charge in [-0.3, -0.25) is 11.3 Å². The van der Waals surface area contributed by atoms with Crippen molar-refractivity contribution in [2.75, 3.05) is 0 Å². The molecule has 0 saturated heterocycles. The molecular weight excluding hydrogens is 283 g/mol. The van der Waals surface area contributed by atoms with Crippen molar-refractivity contribution in [1.29, 1.82) is 0 Å². The Labute approximate surface area is 121 Å². The van der Waals surface area contributed by atoms with Crippen LogP contribution in [0.25, 0.3) is 0 Å². The predicted octanol–water partition coefficient (Wildman–Crippen LogP) is 3.90. The molecule has 0 fully saturated rings. The largest absolute Gasteiger partial charge is 0.271 e. The molecule has 2 rings (SSSR count). The van der Waals surface area contributed by atoms with Gasteiger partial charge in [0, 0.05) is 14.8 Å². The number of benzene rings is 1. The average Bonchev–Trinajstić information content (AvgIpc) is 2.68. The van der Waals surface area contributed by atoms with Gasteiger partial charge in [-0.25, -0.2) is 4.39 Å². The first-order chi connectivity index (χ1) is 9.01. The molecule has 102 valence electrons. The highest BCUT2D eigenvalue weighted by molar-refractivity contribution is 7.12. The maximum atomic E-state index is 13.8. The van der Waals surface area contributed by atoms with Crippen LogP contribution in [0.3, 0.4) is 0 Å². The SMILES string of the molecule is Cc1cc(C(Cc2ccc(Cl)cc2F)NN)sc1C. The standard InChI is InChI=1S/C14H16ClFN2S/c1-8-5-14(19-9(8)2)13(18-17)6-10-3-4-11(15)7-12(10)16/h3-5,7,13,18H,6,17H2,1-2H3. The Morgan fingerprint density at radius 2 is 2.11 bits per heavy atom. The fraction of sp³-hybridized carbons (Fsp3) is 0.286. The monoisotopic (exact) mass is 298 g/mol. The highest BCUT2D eigenvalue weighted by Crippen LogP contribution is 2.29. The van der Waals surface area contributed by atoms with E-state index in [1.807, 2.05) is 0 Å². The van der Waals surface area contributed by atoms with Crippen molar-refractivity contribution >= 4 is 22.9 Å². The van der Waals surface area contributed by atoms with Gasteiger partial charge in [-0.1, -0.05) is 17.7 Å². The molecule has 0 spiro atoms. The lowest BCUT2D eigenvalue weighted by Gasteiger charge is -2.14. The van der Waals surface area contributed by atoms with Crippen LogP contribution in [-0.4, -0.2) is 0 Å². The lowest BCUT2D eigenvalue weighted by molar-refractivity contribution is 0.535. The summed E-state index contributed by atoms with van der Waals surface area (Å²) in [5.74, 6) is 5.31. The molecule has 1 unspecified atom stereocenters. The van der Waals surface area contributed by atoms with E-state index < -0.39 is 0 Å². The summed E-state index contributed by atoms with van der Waals surface area (Å²) in [7, 11) is 0. The van der Waals surface area contributed by atoms with Crippen molar-refractivity contribution in [3.63, 3.8) is 0 Å². The first kappa shape index (κ1) is 14.5. The van der Waals surface area contributed by atoms with E-state index in [2.05, 4.69) is 25.3 Å². The summed E-state index contributed by atoms with van der Waals surface area (Å²) < 4.78 is 13.8. The molecule has 2 nitrogen and oxygen atoms in total. The third-order valence-electron chi connectivity index (χ3n) is 3.17. The summed E-state index contributed by atoms with van der Waals surface area (Å²) in [6, 6.07) is 6.73. The zero-order valence-corrected chi connectivity index (χ0v) is 12.4. The molecule has 0 bridgehead atoms. The molecule has 0 amide bonds. The second-order valence-corrected chi connectivity index (χ2v) is 6.27. The summed E-state index contributed by atoms with van der Waals surface area (Å²) in [5.41, 5.74) is 4.60. The molecule has 0 aliphatic heterocycles. The zero-order valence-electron chi connectivity index (χ0n) is 10.8. The quantitative estimate of drug-likeness (QED) is 0.663. The summed E-state index contributed by atoms with van der Waals surface area (Å²) in [4.78, 5) is 2.37. The second kappa shape index (κ2) is 6.01. The van der Waals surface area contributed by atoms with Gasteiger partial charge in [-0.15, -0.1) is 11.3 Å². The predicted molar refractivity (Wildman–Crippen MR) is 79.0 cm³/mol. The van der Waals surface area contributed by atoms with E-state index in [4.69, 9.17) is 17.4 Å². The van der Waals surface area contributed by atoms with Gasteiger partial charge in [0.1, 0.15) is 5.82 Å². The zero-order chi connectivity index (χ0) is 14.0. The van der Waals surface area contributed by atoms with Crippen LogP contribution in [0, 0.1) is 19.7 Å². The topological polar surface area (TPSA) is 38.0 Å². The van der Waals surface area contributed by atoms with E-state index in [-0.39, 0.29) is 11.9 Å². The summed E-state index contributed by atoms with van der Waals surface area (Å²) in [6.07, 6.45) is 0.499. The first-order valence-corrected chi connectivity index (χ1v) is 7.17. The minimum Gasteiger partial charge on any atom is -0.271 e. The lowest BCUT2D eigenvalue weighted by Crippen LogP contribution is -2.29. The Balaban J connectivity index is 2.23. The van der Waals surface area contributed by atoms with Gasteiger partial charge < -0.3 is 0 Å². The van der Waals surface area contributed by atoms with Crippen LogP contribution in [-0.2, 0) is 6.42 Å².